The maximum Gasteiger partial charge on any atom is 0.257 e. The zero-order valence-corrected chi connectivity index (χ0v) is 19.7. The average molecular weight is 476 g/mol. The van der Waals surface area contributed by atoms with Crippen LogP contribution in [-0.2, 0) is 14.8 Å². The summed E-state index contributed by atoms with van der Waals surface area (Å²) in [6, 6.07) is 9.89. The first-order valence-electron chi connectivity index (χ1n) is 10.9. The summed E-state index contributed by atoms with van der Waals surface area (Å²) in [5.74, 6) is 0.647. The van der Waals surface area contributed by atoms with Gasteiger partial charge in [-0.25, -0.2) is 8.42 Å². The fourth-order valence-electron chi connectivity index (χ4n) is 4.14. The number of hydrogen-bond donors (Lipinski definition) is 1. The zero-order valence-electron chi connectivity index (χ0n) is 18.9. The number of methoxy groups -OCH3 is 2. The first kappa shape index (κ1) is 23.3. The maximum atomic E-state index is 13.4. The predicted molar refractivity (Wildman–Crippen MR) is 125 cm³/mol. The van der Waals surface area contributed by atoms with E-state index in [1.807, 2.05) is 0 Å². The molecule has 2 fully saturated rings. The molecule has 0 aromatic heterocycles. The molecule has 4 rings (SSSR count). The van der Waals surface area contributed by atoms with Gasteiger partial charge in [-0.2, -0.15) is 4.31 Å². The highest BCUT2D eigenvalue weighted by Crippen LogP contribution is 2.32. The Hall–Kier alpha value is -2.82. The Labute approximate surface area is 194 Å². The highest BCUT2D eigenvalue weighted by molar-refractivity contribution is 7.89. The van der Waals surface area contributed by atoms with E-state index < -0.39 is 10.0 Å². The van der Waals surface area contributed by atoms with Crippen molar-refractivity contribution in [3.05, 3.63) is 42.0 Å². The van der Waals surface area contributed by atoms with Crippen molar-refractivity contribution in [2.45, 2.75) is 17.7 Å². The van der Waals surface area contributed by atoms with Gasteiger partial charge in [-0.15, -0.1) is 0 Å². The van der Waals surface area contributed by atoms with Crippen LogP contribution in [0.4, 0.5) is 11.4 Å². The molecule has 2 aromatic carbocycles. The van der Waals surface area contributed by atoms with Crippen LogP contribution in [0, 0.1) is 0 Å². The molecular formula is C23H29N3O6S. The molecule has 2 aliphatic rings. The van der Waals surface area contributed by atoms with Crippen LogP contribution in [-0.4, -0.2) is 72.2 Å². The van der Waals surface area contributed by atoms with E-state index in [2.05, 4.69) is 10.2 Å². The number of carbonyl (C=O) groups excluding carboxylic acids is 1. The molecule has 1 N–H and O–H groups in total. The number of nitrogens with zero attached hydrogens (tertiary/aromatic N) is 2. The standard InChI is InChI=1S/C23H29N3O6S/c1-30-21-8-5-17(15-22(21)31-2)24-23(27)19-16-18(6-7-20(19)25-9-3-4-10-25)33(28,29)26-11-13-32-14-12-26/h5-8,15-16H,3-4,9-14H2,1-2H3,(H,24,27). The fourth-order valence-corrected chi connectivity index (χ4v) is 5.57. The van der Waals surface area contributed by atoms with Gasteiger partial charge in [0, 0.05) is 43.6 Å². The second kappa shape index (κ2) is 9.98. The number of nitrogens with one attached hydrogen (secondary N) is 1. The van der Waals surface area contributed by atoms with Crippen LogP contribution in [0.1, 0.15) is 23.2 Å². The van der Waals surface area contributed by atoms with E-state index in [1.54, 1.807) is 37.4 Å². The first-order chi connectivity index (χ1) is 15.9. The number of carbonyl (C=O) groups is 1. The molecule has 33 heavy (non-hydrogen) atoms. The van der Waals surface area contributed by atoms with E-state index in [1.165, 1.54) is 17.5 Å². The van der Waals surface area contributed by atoms with Gasteiger partial charge in [0.05, 0.1) is 37.9 Å². The third-order valence-corrected chi connectivity index (χ3v) is 7.80. The number of benzene rings is 2. The van der Waals surface area contributed by atoms with Gasteiger partial charge >= 0.3 is 0 Å². The molecule has 0 radical (unpaired) electrons. The molecule has 0 atom stereocenters. The van der Waals surface area contributed by atoms with Crippen molar-refractivity contribution < 1.29 is 27.4 Å². The van der Waals surface area contributed by atoms with E-state index in [0.717, 1.165) is 31.6 Å². The number of rotatable bonds is 7. The van der Waals surface area contributed by atoms with Crippen LogP contribution in [0.3, 0.4) is 0 Å². The number of sulfonamides is 1. The summed E-state index contributed by atoms with van der Waals surface area (Å²) in [6.45, 7) is 2.96. The molecule has 9 nitrogen and oxygen atoms in total. The molecule has 2 heterocycles. The molecule has 2 saturated heterocycles. The average Bonchev–Trinajstić information content (AvgIpc) is 3.39. The molecule has 2 aliphatic heterocycles. The Morgan fingerprint density at radius 2 is 1.64 bits per heavy atom. The Morgan fingerprint density at radius 3 is 2.30 bits per heavy atom. The van der Waals surface area contributed by atoms with Crippen molar-refractivity contribution in [3.8, 4) is 11.5 Å². The van der Waals surface area contributed by atoms with E-state index in [4.69, 9.17) is 14.2 Å². The molecule has 10 heteroatoms. The van der Waals surface area contributed by atoms with Crippen molar-refractivity contribution >= 4 is 27.3 Å². The van der Waals surface area contributed by atoms with Gasteiger partial charge in [-0.1, -0.05) is 0 Å². The van der Waals surface area contributed by atoms with Gasteiger partial charge in [0.25, 0.3) is 5.91 Å². The molecule has 0 aliphatic carbocycles. The van der Waals surface area contributed by atoms with Crippen molar-refractivity contribution in [1.29, 1.82) is 0 Å². The lowest BCUT2D eigenvalue weighted by molar-refractivity contribution is 0.0730. The summed E-state index contributed by atoms with van der Waals surface area (Å²) in [5.41, 5.74) is 1.57. The molecule has 0 spiro atoms. The summed E-state index contributed by atoms with van der Waals surface area (Å²) in [6.07, 6.45) is 2.06. The quantitative estimate of drug-likeness (QED) is 0.657. The molecular weight excluding hydrogens is 446 g/mol. The van der Waals surface area contributed by atoms with Gasteiger partial charge in [0.15, 0.2) is 11.5 Å². The second-order valence-corrected chi connectivity index (χ2v) is 9.85. The molecule has 1 amide bonds. The Bertz CT molecular complexity index is 1110. The molecule has 2 aromatic rings. The van der Waals surface area contributed by atoms with Crippen LogP contribution < -0.4 is 19.7 Å². The number of hydrogen-bond acceptors (Lipinski definition) is 7. The molecule has 0 unspecified atom stereocenters. The van der Waals surface area contributed by atoms with E-state index in [-0.39, 0.29) is 10.8 Å². The monoisotopic (exact) mass is 475 g/mol. The van der Waals surface area contributed by atoms with Crippen LogP contribution >= 0.6 is 0 Å². The second-order valence-electron chi connectivity index (χ2n) is 7.91. The maximum absolute atomic E-state index is 13.4. The zero-order chi connectivity index (χ0) is 23.4. The summed E-state index contributed by atoms with van der Waals surface area (Å²) in [5, 5.41) is 2.88. The van der Waals surface area contributed by atoms with Crippen LogP contribution in [0.2, 0.25) is 0 Å². The van der Waals surface area contributed by atoms with Crippen molar-refractivity contribution in [3.63, 3.8) is 0 Å². The fraction of sp³-hybridized carbons (Fsp3) is 0.435. The lowest BCUT2D eigenvalue weighted by atomic mass is 10.1. The lowest BCUT2D eigenvalue weighted by Gasteiger charge is -2.27. The minimum Gasteiger partial charge on any atom is -0.493 e. The summed E-state index contributed by atoms with van der Waals surface area (Å²) in [7, 11) is -0.669. The van der Waals surface area contributed by atoms with Crippen molar-refractivity contribution in [1.82, 2.24) is 4.31 Å². The van der Waals surface area contributed by atoms with Crippen LogP contribution in [0.15, 0.2) is 41.3 Å². The number of ether oxygens (including phenoxy) is 3. The first-order valence-corrected chi connectivity index (χ1v) is 12.4. The van der Waals surface area contributed by atoms with E-state index in [9.17, 15) is 13.2 Å². The number of amides is 1. The Morgan fingerprint density at radius 1 is 0.939 bits per heavy atom. The molecule has 0 saturated carbocycles. The highest BCUT2D eigenvalue weighted by Gasteiger charge is 2.29. The van der Waals surface area contributed by atoms with E-state index >= 15 is 0 Å². The summed E-state index contributed by atoms with van der Waals surface area (Å²) < 4.78 is 43.7. The minimum atomic E-state index is -3.73. The van der Waals surface area contributed by atoms with Crippen LogP contribution in [0.25, 0.3) is 0 Å². The number of anilines is 2. The van der Waals surface area contributed by atoms with Gasteiger partial charge in [-0.3, -0.25) is 4.79 Å². The third-order valence-electron chi connectivity index (χ3n) is 5.91. The smallest absolute Gasteiger partial charge is 0.257 e. The third kappa shape index (κ3) is 4.92. The van der Waals surface area contributed by atoms with Gasteiger partial charge in [-0.05, 0) is 43.2 Å². The summed E-state index contributed by atoms with van der Waals surface area (Å²) >= 11 is 0. The molecule has 178 valence electrons. The van der Waals surface area contributed by atoms with Crippen molar-refractivity contribution in [2.24, 2.45) is 0 Å². The predicted octanol–water partition coefficient (Wildman–Crippen LogP) is 2.58. The van der Waals surface area contributed by atoms with Gasteiger partial charge < -0.3 is 24.4 Å². The van der Waals surface area contributed by atoms with Gasteiger partial charge in [0.2, 0.25) is 10.0 Å². The number of morpholine rings is 1. The lowest BCUT2D eigenvalue weighted by Crippen LogP contribution is -2.40. The normalized spacial score (nSPS) is 17.1. The van der Waals surface area contributed by atoms with Crippen molar-refractivity contribution in [2.75, 3.05) is 63.8 Å². The SMILES string of the molecule is COc1ccc(NC(=O)c2cc(S(=O)(=O)N3CCOCC3)ccc2N2CCCC2)cc1OC. The topological polar surface area (TPSA) is 97.4 Å². The Kier molecular flexibility index (Phi) is 7.06. The Balaban J connectivity index is 1.68. The van der Waals surface area contributed by atoms with Crippen LogP contribution in [0.5, 0.6) is 11.5 Å². The van der Waals surface area contributed by atoms with E-state index in [0.29, 0.717) is 49.1 Å². The largest absolute Gasteiger partial charge is 0.493 e. The van der Waals surface area contributed by atoms with Gasteiger partial charge in [0.1, 0.15) is 0 Å². The summed E-state index contributed by atoms with van der Waals surface area (Å²) in [4.78, 5) is 15.6. The molecule has 0 bridgehead atoms. The minimum absolute atomic E-state index is 0.102. The highest BCUT2D eigenvalue weighted by atomic mass is 32.2.